The zero-order valence-corrected chi connectivity index (χ0v) is 14.2. The summed E-state index contributed by atoms with van der Waals surface area (Å²) in [6.07, 6.45) is -3.28. The molecule has 1 rings (SSSR count). The zero-order valence-electron chi connectivity index (χ0n) is 14.2. The molecule has 1 aromatic carbocycles. The highest BCUT2D eigenvalue weighted by Gasteiger charge is 2.30. The molecule has 2 N–H and O–H groups in total. The zero-order chi connectivity index (χ0) is 19.2. The summed E-state index contributed by atoms with van der Waals surface area (Å²) in [6.45, 7) is 1.99. The van der Waals surface area contributed by atoms with E-state index in [9.17, 15) is 22.8 Å². The van der Waals surface area contributed by atoms with Crippen molar-refractivity contribution >= 4 is 11.9 Å². The largest absolute Gasteiger partial charge is 0.478 e. The first-order chi connectivity index (χ1) is 11.5. The third-order valence-electron chi connectivity index (χ3n) is 3.44. The van der Waals surface area contributed by atoms with Gasteiger partial charge in [-0.2, -0.15) is 13.2 Å². The van der Waals surface area contributed by atoms with E-state index >= 15 is 0 Å². The predicted octanol–water partition coefficient (Wildman–Crippen LogP) is 2.85. The first kappa shape index (κ1) is 20.7. The lowest BCUT2D eigenvalue weighted by molar-refractivity contribution is -0.137. The Balaban J connectivity index is 2.72. The van der Waals surface area contributed by atoms with Crippen molar-refractivity contribution in [1.29, 1.82) is 0 Å². The number of benzene rings is 1. The Morgan fingerprint density at radius 2 is 1.80 bits per heavy atom. The molecule has 1 unspecified atom stereocenters. The van der Waals surface area contributed by atoms with E-state index in [1.54, 1.807) is 25.9 Å². The molecule has 0 heterocycles. The number of nitrogens with zero attached hydrogens (tertiary/aromatic N) is 1. The maximum absolute atomic E-state index is 12.5. The fourth-order valence-corrected chi connectivity index (χ4v) is 2.04. The van der Waals surface area contributed by atoms with Crippen molar-refractivity contribution in [3.63, 3.8) is 0 Å². The van der Waals surface area contributed by atoms with Crippen LogP contribution < -0.4 is 5.32 Å². The van der Waals surface area contributed by atoms with E-state index < -0.39 is 29.7 Å². The van der Waals surface area contributed by atoms with Crippen LogP contribution in [0.1, 0.15) is 30.5 Å². The summed E-state index contributed by atoms with van der Waals surface area (Å²) < 4.78 is 37.6. The minimum atomic E-state index is -4.42. The Bertz CT molecular complexity index is 638. The SMILES string of the molecule is CC(NC(=O)CC(=CCN(C)C)C(=O)O)c1ccc(C(F)(F)F)cc1. The number of aliphatic carboxylic acids is 1. The number of likely N-dealkylation sites (N-methyl/N-ethyl adjacent to an activating group) is 1. The molecule has 0 fully saturated rings. The van der Waals surface area contributed by atoms with E-state index in [4.69, 9.17) is 5.11 Å². The van der Waals surface area contributed by atoms with Crippen LogP contribution in [0, 0.1) is 0 Å². The van der Waals surface area contributed by atoms with Crippen LogP contribution in [-0.4, -0.2) is 42.5 Å². The van der Waals surface area contributed by atoms with Crippen LogP contribution in [0.25, 0.3) is 0 Å². The molecule has 0 bridgehead atoms. The van der Waals surface area contributed by atoms with Crippen molar-refractivity contribution in [3.05, 3.63) is 47.0 Å². The van der Waals surface area contributed by atoms with E-state index in [1.165, 1.54) is 18.2 Å². The Labute approximate surface area is 144 Å². The molecule has 0 aromatic heterocycles. The van der Waals surface area contributed by atoms with E-state index in [0.717, 1.165) is 12.1 Å². The third-order valence-corrected chi connectivity index (χ3v) is 3.44. The molecule has 5 nitrogen and oxygen atoms in total. The van der Waals surface area contributed by atoms with Crippen molar-refractivity contribution in [2.24, 2.45) is 0 Å². The van der Waals surface area contributed by atoms with E-state index in [2.05, 4.69) is 5.32 Å². The second-order valence-electron chi connectivity index (χ2n) is 5.88. The smallest absolute Gasteiger partial charge is 0.416 e. The highest BCUT2D eigenvalue weighted by molar-refractivity contribution is 5.94. The van der Waals surface area contributed by atoms with Gasteiger partial charge >= 0.3 is 12.1 Å². The number of nitrogens with one attached hydrogen (secondary N) is 1. The summed E-state index contributed by atoms with van der Waals surface area (Å²) in [4.78, 5) is 24.9. The summed E-state index contributed by atoms with van der Waals surface area (Å²) in [5.41, 5.74) is -0.309. The maximum Gasteiger partial charge on any atom is 0.416 e. The molecule has 0 saturated carbocycles. The molecule has 0 spiro atoms. The summed E-state index contributed by atoms with van der Waals surface area (Å²) >= 11 is 0. The molecule has 0 aliphatic heterocycles. The van der Waals surface area contributed by atoms with Crippen molar-refractivity contribution < 1.29 is 27.9 Å². The van der Waals surface area contributed by atoms with Gasteiger partial charge in [-0.15, -0.1) is 0 Å². The van der Waals surface area contributed by atoms with Gasteiger partial charge < -0.3 is 15.3 Å². The van der Waals surface area contributed by atoms with Gasteiger partial charge in [-0.1, -0.05) is 18.2 Å². The number of carbonyl (C=O) groups is 2. The van der Waals surface area contributed by atoms with Crippen molar-refractivity contribution in [2.45, 2.75) is 25.6 Å². The molecule has 138 valence electrons. The van der Waals surface area contributed by atoms with Crippen LogP contribution in [0.2, 0.25) is 0 Å². The Hall–Kier alpha value is -2.35. The van der Waals surface area contributed by atoms with Crippen LogP contribution in [0.5, 0.6) is 0 Å². The molecule has 0 saturated heterocycles. The molecular formula is C17H21F3N2O3. The van der Waals surface area contributed by atoms with Crippen molar-refractivity contribution in [1.82, 2.24) is 10.2 Å². The van der Waals surface area contributed by atoms with Gasteiger partial charge in [0.2, 0.25) is 5.91 Å². The first-order valence-electron chi connectivity index (χ1n) is 7.54. The molecule has 0 aliphatic rings. The second-order valence-corrected chi connectivity index (χ2v) is 5.88. The first-order valence-corrected chi connectivity index (χ1v) is 7.54. The number of alkyl halides is 3. The number of carbonyl (C=O) groups excluding carboxylic acids is 1. The summed E-state index contributed by atoms with van der Waals surface area (Å²) in [5.74, 6) is -1.70. The molecule has 0 radical (unpaired) electrons. The number of carboxylic acid groups (broad SMARTS) is 1. The summed E-state index contributed by atoms with van der Waals surface area (Å²) in [7, 11) is 3.53. The minimum Gasteiger partial charge on any atom is -0.478 e. The van der Waals surface area contributed by atoms with Crippen LogP contribution in [0.3, 0.4) is 0 Å². The lowest BCUT2D eigenvalue weighted by Crippen LogP contribution is -2.28. The molecule has 25 heavy (non-hydrogen) atoms. The Morgan fingerprint density at radius 1 is 1.24 bits per heavy atom. The Kier molecular flexibility index (Phi) is 7.17. The van der Waals surface area contributed by atoms with Gasteiger partial charge in [0.15, 0.2) is 0 Å². The molecule has 1 aromatic rings. The van der Waals surface area contributed by atoms with Gasteiger partial charge in [0.05, 0.1) is 18.0 Å². The molecular weight excluding hydrogens is 337 g/mol. The monoisotopic (exact) mass is 358 g/mol. The fourth-order valence-electron chi connectivity index (χ4n) is 2.04. The number of hydrogen-bond donors (Lipinski definition) is 2. The quantitative estimate of drug-likeness (QED) is 0.736. The third kappa shape index (κ3) is 6.96. The standard InChI is InChI=1S/C17H21F3N2O3/c1-11(12-4-6-14(7-5-12)17(18,19)20)21-15(23)10-13(16(24)25)8-9-22(2)3/h4-8,11H,9-10H2,1-3H3,(H,21,23)(H,24,25). The van der Waals surface area contributed by atoms with Crippen LogP contribution in [0.15, 0.2) is 35.9 Å². The van der Waals surface area contributed by atoms with Crippen molar-refractivity contribution in [3.8, 4) is 0 Å². The predicted molar refractivity (Wildman–Crippen MR) is 86.9 cm³/mol. The average molecular weight is 358 g/mol. The molecule has 1 amide bonds. The number of hydrogen-bond acceptors (Lipinski definition) is 3. The normalized spacial score (nSPS) is 13.6. The van der Waals surface area contributed by atoms with E-state index in [0.29, 0.717) is 12.1 Å². The second kappa shape index (κ2) is 8.66. The van der Waals surface area contributed by atoms with Crippen LogP contribution in [0.4, 0.5) is 13.2 Å². The summed E-state index contributed by atoms with van der Waals surface area (Å²) in [5, 5.41) is 11.7. The average Bonchev–Trinajstić information content (AvgIpc) is 2.50. The maximum atomic E-state index is 12.5. The molecule has 0 aliphatic carbocycles. The van der Waals surface area contributed by atoms with Gasteiger partial charge in [-0.05, 0) is 38.7 Å². The van der Waals surface area contributed by atoms with Gasteiger partial charge in [0.25, 0.3) is 0 Å². The lowest BCUT2D eigenvalue weighted by Gasteiger charge is -2.16. The van der Waals surface area contributed by atoms with Crippen molar-refractivity contribution in [2.75, 3.05) is 20.6 Å². The van der Waals surface area contributed by atoms with Gasteiger partial charge in [0.1, 0.15) is 0 Å². The van der Waals surface area contributed by atoms with E-state index in [1.807, 2.05) is 0 Å². The lowest BCUT2D eigenvalue weighted by atomic mass is 10.1. The van der Waals surface area contributed by atoms with Crippen LogP contribution in [-0.2, 0) is 15.8 Å². The highest BCUT2D eigenvalue weighted by Crippen LogP contribution is 2.29. The molecule has 1 atom stereocenters. The van der Waals surface area contributed by atoms with Crippen LogP contribution >= 0.6 is 0 Å². The number of halogens is 3. The molecule has 8 heteroatoms. The number of amides is 1. The fraction of sp³-hybridized carbons (Fsp3) is 0.412. The summed E-state index contributed by atoms with van der Waals surface area (Å²) in [6, 6.07) is 3.91. The van der Waals surface area contributed by atoms with Gasteiger partial charge in [0, 0.05) is 12.1 Å². The van der Waals surface area contributed by atoms with Gasteiger partial charge in [-0.3, -0.25) is 4.79 Å². The minimum absolute atomic E-state index is 0.0363. The highest BCUT2D eigenvalue weighted by atomic mass is 19.4. The number of carboxylic acids is 1. The van der Waals surface area contributed by atoms with E-state index in [-0.39, 0.29) is 12.0 Å². The topological polar surface area (TPSA) is 69.6 Å². The Morgan fingerprint density at radius 3 is 2.24 bits per heavy atom. The van der Waals surface area contributed by atoms with Gasteiger partial charge in [-0.25, -0.2) is 4.79 Å². The number of rotatable bonds is 7.